The van der Waals surface area contributed by atoms with Gasteiger partial charge in [0.05, 0.1) is 5.51 Å². The van der Waals surface area contributed by atoms with Gasteiger partial charge in [0.2, 0.25) is 0 Å². The molecular formula is C21H26N4OS. The molecule has 3 aliphatic rings. The summed E-state index contributed by atoms with van der Waals surface area (Å²) < 4.78 is 0. The zero-order chi connectivity index (χ0) is 18.2. The molecule has 142 valence electrons. The zero-order valence-corrected chi connectivity index (χ0v) is 16.4. The SMILES string of the molecule is O=C(c1cscn1)N1C[C@H]2CN(C3CCN(Cc4ccccc4)CC3)[C@H]2C1. The number of amides is 1. The molecule has 1 amide bonds. The number of likely N-dealkylation sites (tertiary alicyclic amines) is 3. The van der Waals surface area contributed by atoms with Gasteiger partial charge in [-0.25, -0.2) is 4.98 Å². The van der Waals surface area contributed by atoms with E-state index in [-0.39, 0.29) is 5.91 Å². The molecule has 27 heavy (non-hydrogen) atoms. The number of benzene rings is 1. The van der Waals surface area contributed by atoms with Crippen molar-refractivity contribution in [2.45, 2.75) is 31.5 Å². The molecule has 5 nitrogen and oxygen atoms in total. The van der Waals surface area contributed by atoms with Gasteiger partial charge in [0, 0.05) is 49.6 Å². The van der Waals surface area contributed by atoms with E-state index in [4.69, 9.17) is 0 Å². The van der Waals surface area contributed by atoms with Crippen molar-refractivity contribution in [3.05, 3.63) is 52.5 Å². The van der Waals surface area contributed by atoms with Crippen molar-refractivity contribution in [3.63, 3.8) is 0 Å². The van der Waals surface area contributed by atoms with Crippen LogP contribution < -0.4 is 0 Å². The lowest BCUT2D eigenvalue weighted by atomic mass is 9.87. The summed E-state index contributed by atoms with van der Waals surface area (Å²) in [5.41, 5.74) is 3.77. The second kappa shape index (κ2) is 7.34. The molecule has 4 heterocycles. The second-order valence-corrected chi connectivity index (χ2v) is 8.82. The van der Waals surface area contributed by atoms with E-state index in [1.165, 1.54) is 42.8 Å². The van der Waals surface area contributed by atoms with E-state index in [0.717, 1.165) is 26.2 Å². The molecule has 2 aromatic rings. The second-order valence-electron chi connectivity index (χ2n) is 8.10. The maximum Gasteiger partial charge on any atom is 0.273 e. The highest BCUT2D eigenvalue weighted by Gasteiger charge is 2.49. The number of thiazole rings is 1. The Hall–Kier alpha value is -1.76. The molecule has 3 aliphatic heterocycles. The van der Waals surface area contributed by atoms with Gasteiger partial charge in [0.15, 0.2) is 0 Å². The molecule has 0 saturated carbocycles. The van der Waals surface area contributed by atoms with Crippen LogP contribution in [0.4, 0.5) is 0 Å². The van der Waals surface area contributed by atoms with Crippen LogP contribution >= 0.6 is 11.3 Å². The van der Waals surface area contributed by atoms with Gasteiger partial charge in [0.25, 0.3) is 5.91 Å². The van der Waals surface area contributed by atoms with Gasteiger partial charge < -0.3 is 4.90 Å². The highest BCUT2D eigenvalue weighted by Crippen LogP contribution is 2.37. The number of aromatic nitrogens is 1. The van der Waals surface area contributed by atoms with E-state index in [2.05, 4.69) is 45.1 Å². The average molecular weight is 383 g/mol. The van der Waals surface area contributed by atoms with Crippen LogP contribution in [-0.4, -0.2) is 70.4 Å². The molecule has 0 bridgehead atoms. The van der Waals surface area contributed by atoms with Crippen LogP contribution in [-0.2, 0) is 6.54 Å². The third-order valence-corrected chi connectivity index (χ3v) is 7.08. The van der Waals surface area contributed by atoms with Gasteiger partial charge in [0.1, 0.15) is 5.69 Å². The summed E-state index contributed by atoms with van der Waals surface area (Å²) in [6.45, 7) is 6.36. The molecule has 0 N–H and O–H groups in total. The fourth-order valence-corrected chi connectivity index (χ4v) is 5.52. The number of fused-ring (bicyclic) bond motifs is 1. The lowest BCUT2D eigenvalue weighted by Crippen LogP contribution is -2.61. The van der Waals surface area contributed by atoms with Crippen LogP contribution in [0.2, 0.25) is 0 Å². The molecule has 0 radical (unpaired) electrons. The van der Waals surface area contributed by atoms with Crippen molar-refractivity contribution in [2.24, 2.45) is 5.92 Å². The summed E-state index contributed by atoms with van der Waals surface area (Å²) in [6.07, 6.45) is 2.49. The van der Waals surface area contributed by atoms with Crippen LogP contribution in [0.1, 0.15) is 28.9 Å². The van der Waals surface area contributed by atoms with Crippen molar-refractivity contribution >= 4 is 17.2 Å². The fourth-order valence-electron chi connectivity index (χ4n) is 4.99. The van der Waals surface area contributed by atoms with Crippen LogP contribution in [0.5, 0.6) is 0 Å². The first-order valence-electron chi connectivity index (χ1n) is 9.97. The molecule has 0 unspecified atom stereocenters. The standard InChI is InChI=1S/C21H26N4OS/c26-21(19-14-27-15-22-19)24-11-17-12-25(20(17)13-24)18-6-8-23(9-7-18)10-16-4-2-1-3-5-16/h1-5,14-15,17-18,20H,6-13H2/t17-,20-/m0/s1. The van der Waals surface area contributed by atoms with Crippen LogP contribution in [0, 0.1) is 5.92 Å². The maximum absolute atomic E-state index is 12.6. The Labute approximate surface area is 164 Å². The van der Waals surface area contributed by atoms with Gasteiger partial charge in [-0.05, 0) is 31.5 Å². The van der Waals surface area contributed by atoms with Crippen molar-refractivity contribution in [1.82, 2.24) is 19.7 Å². The molecule has 1 aromatic heterocycles. The Morgan fingerprint density at radius 1 is 1.11 bits per heavy atom. The van der Waals surface area contributed by atoms with E-state index in [1.807, 2.05) is 10.3 Å². The Morgan fingerprint density at radius 2 is 1.93 bits per heavy atom. The van der Waals surface area contributed by atoms with Crippen molar-refractivity contribution in [1.29, 1.82) is 0 Å². The first kappa shape index (κ1) is 17.3. The molecule has 1 aromatic carbocycles. The van der Waals surface area contributed by atoms with E-state index >= 15 is 0 Å². The molecule has 5 rings (SSSR count). The zero-order valence-electron chi connectivity index (χ0n) is 15.5. The maximum atomic E-state index is 12.6. The highest BCUT2D eigenvalue weighted by atomic mass is 32.1. The Balaban J connectivity index is 1.13. The smallest absolute Gasteiger partial charge is 0.273 e. The number of hydrogen-bond donors (Lipinski definition) is 0. The number of hydrogen-bond acceptors (Lipinski definition) is 5. The lowest BCUT2D eigenvalue weighted by molar-refractivity contribution is -0.0178. The average Bonchev–Trinajstić information content (AvgIpc) is 3.33. The van der Waals surface area contributed by atoms with Crippen LogP contribution in [0.15, 0.2) is 41.2 Å². The highest BCUT2D eigenvalue weighted by molar-refractivity contribution is 7.07. The molecule has 3 saturated heterocycles. The van der Waals surface area contributed by atoms with E-state index in [1.54, 1.807) is 5.51 Å². The summed E-state index contributed by atoms with van der Waals surface area (Å²) in [5, 5.41) is 1.86. The molecule has 0 spiro atoms. The molecule has 3 fully saturated rings. The summed E-state index contributed by atoms with van der Waals surface area (Å²) >= 11 is 1.49. The number of piperidine rings is 1. The number of nitrogens with zero attached hydrogens (tertiary/aromatic N) is 4. The van der Waals surface area contributed by atoms with Gasteiger partial charge in [-0.1, -0.05) is 30.3 Å². The first-order valence-corrected chi connectivity index (χ1v) is 10.9. The summed E-state index contributed by atoms with van der Waals surface area (Å²) in [6, 6.07) is 12.0. The normalized spacial score (nSPS) is 26.7. The van der Waals surface area contributed by atoms with Crippen molar-refractivity contribution in [3.8, 4) is 0 Å². The minimum atomic E-state index is 0.114. The van der Waals surface area contributed by atoms with Gasteiger partial charge in [-0.2, -0.15) is 0 Å². The van der Waals surface area contributed by atoms with Gasteiger partial charge in [-0.15, -0.1) is 11.3 Å². The predicted octanol–water partition coefficient (Wildman–Crippen LogP) is 2.56. The first-order chi connectivity index (χ1) is 13.3. The van der Waals surface area contributed by atoms with E-state index in [9.17, 15) is 4.79 Å². The van der Waals surface area contributed by atoms with E-state index < -0.39 is 0 Å². The topological polar surface area (TPSA) is 39.7 Å². The van der Waals surface area contributed by atoms with Crippen molar-refractivity contribution in [2.75, 3.05) is 32.7 Å². The monoisotopic (exact) mass is 382 g/mol. The minimum absolute atomic E-state index is 0.114. The fraction of sp³-hybridized carbons (Fsp3) is 0.524. The summed E-state index contributed by atoms with van der Waals surface area (Å²) in [5.74, 6) is 0.776. The number of rotatable bonds is 4. The largest absolute Gasteiger partial charge is 0.335 e. The Bertz CT molecular complexity index is 773. The molecule has 0 aliphatic carbocycles. The summed E-state index contributed by atoms with van der Waals surface area (Å²) in [4.78, 5) is 24.0. The number of carbonyl (C=O) groups excluding carboxylic acids is 1. The summed E-state index contributed by atoms with van der Waals surface area (Å²) in [7, 11) is 0. The molecule has 6 heteroatoms. The third-order valence-electron chi connectivity index (χ3n) is 6.49. The van der Waals surface area contributed by atoms with Crippen LogP contribution in [0.3, 0.4) is 0 Å². The quantitative estimate of drug-likeness (QED) is 0.815. The number of carbonyl (C=O) groups is 1. The van der Waals surface area contributed by atoms with Crippen molar-refractivity contribution < 1.29 is 4.79 Å². The van der Waals surface area contributed by atoms with Gasteiger partial charge in [-0.3, -0.25) is 14.6 Å². The van der Waals surface area contributed by atoms with Gasteiger partial charge >= 0.3 is 0 Å². The minimum Gasteiger partial charge on any atom is -0.335 e. The Morgan fingerprint density at radius 3 is 2.67 bits per heavy atom. The predicted molar refractivity (Wildman–Crippen MR) is 107 cm³/mol. The third kappa shape index (κ3) is 3.42. The van der Waals surface area contributed by atoms with E-state index in [0.29, 0.717) is 23.7 Å². The lowest BCUT2D eigenvalue weighted by Gasteiger charge is -2.50. The molecular weight excluding hydrogens is 356 g/mol. The Kier molecular flexibility index (Phi) is 4.71. The molecule has 2 atom stereocenters. The van der Waals surface area contributed by atoms with Crippen LogP contribution in [0.25, 0.3) is 0 Å².